The van der Waals surface area contributed by atoms with E-state index in [4.69, 9.17) is 9.72 Å². The van der Waals surface area contributed by atoms with Crippen LogP contribution in [-0.2, 0) is 9.84 Å². The lowest BCUT2D eigenvalue weighted by Gasteiger charge is -2.26. The fourth-order valence-corrected chi connectivity index (χ4v) is 6.36. The Kier molecular flexibility index (Phi) is 8.42. The number of nitrogens with zero attached hydrogens (tertiary/aromatic N) is 3. The number of para-hydroxylation sites is 1. The van der Waals surface area contributed by atoms with E-state index in [-0.39, 0.29) is 11.0 Å². The summed E-state index contributed by atoms with van der Waals surface area (Å²) in [5.74, 6) is 2.00. The summed E-state index contributed by atoms with van der Waals surface area (Å²) in [5, 5.41) is 10.2. The van der Waals surface area contributed by atoms with Crippen molar-refractivity contribution in [3.63, 3.8) is 0 Å². The highest BCUT2D eigenvalue weighted by Crippen LogP contribution is 2.38. The number of sulfone groups is 1. The summed E-state index contributed by atoms with van der Waals surface area (Å²) in [7, 11) is -3.53. The number of hydrogen-bond donors (Lipinski definition) is 3. The smallest absolute Gasteiger partial charge is 0.231 e. The van der Waals surface area contributed by atoms with Crippen molar-refractivity contribution in [2.45, 2.75) is 69.6 Å². The molecule has 2 aromatic carbocycles. The van der Waals surface area contributed by atoms with Crippen LogP contribution in [0.15, 0.2) is 59.6 Å². The molecule has 0 radical (unpaired) electrons. The fraction of sp³-hybridized carbons (Fsp3) is 0.387. The van der Waals surface area contributed by atoms with Crippen LogP contribution in [0, 0.1) is 6.92 Å². The molecule has 41 heavy (non-hydrogen) atoms. The number of ether oxygens (including phenoxy) is 1. The molecule has 10 heteroatoms. The minimum Gasteiger partial charge on any atom is -0.489 e. The molecule has 0 aliphatic carbocycles. The molecule has 1 fully saturated rings. The van der Waals surface area contributed by atoms with Crippen LogP contribution in [0.1, 0.15) is 57.6 Å². The molecule has 1 aliphatic rings. The summed E-state index contributed by atoms with van der Waals surface area (Å²) in [6.45, 7) is 11.5. The number of fused-ring (bicyclic) bond motifs is 1. The summed E-state index contributed by atoms with van der Waals surface area (Å²) >= 11 is 0. The third-order valence-corrected chi connectivity index (χ3v) is 9.51. The first kappa shape index (κ1) is 28.8. The first-order valence-corrected chi connectivity index (χ1v) is 15.7. The van der Waals surface area contributed by atoms with Gasteiger partial charge in [0, 0.05) is 6.20 Å². The van der Waals surface area contributed by atoms with E-state index >= 15 is 0 Å². The van der Waals surface area contributed by atoms with Crippen LogP contribution < -0.4 is 20.7 Å². The molecule has 2 aromatic heterocycles. The van der Waals surface area contributed by atoms with Gasteiger partial charge in [-0.2, -0.15) is 9.97 Å². The monoisotopic (exact) mass is 574 g/mol. The largest absolute Gasteiger partial charge is 0.489 e. The number of nitrogens with one attached hydrogen (secondary N) is 3. The fourth-order valence-electron chi connectivity index (χ4n) is 5.16. The average Bonchev–Trinajstić information content (AvgIpc) is 2.95. The van der Waals surface area contributed by atoms with Gasteiger partial charge in [0.1, 0.15) is 11.6 Å². The van der Waals surface area contributed by atoms with Crippen LogP contribution in [0.4, 0.5) is 23.1 Å². The van der Waals surface area contributed by atoms with Crippen molar-refractivity contribution in [3.8, 4) is 5.75 Å². The molecule has 3 heterocycles. The van der Waals surface area contributed by atoms with Gasteiger partial charge in [0.05, 0.1) is 33.0 Å². The van der Waals surface area contributed by atoms with Crippen molar-refractivity contribution < 1.29 is 13.2 Å². The highest BCUT2D eigenvalue weighted by atomic mass is 32.2. The zero-order chi connectivity index (χ0) is 29.1. The van der Waals surface area contributed by atoms with E-state index in [2.05, 4.69) is 45.0 Å². The van der Waals surface area contributed by atoms with E-state index in [0.717, 1.165) is 37.4 Å². The zero-order valence-corrected chi connectivity index (χ0v) is 25.0. The predicted octanol–water partition coefficient (Wildman–Crippen LogP) is 6.26. The molecule has 0 saturated carbocycles. The number of aryl methyl sites for hydroxylation is 1. The van der Waals surface area contributed by atoms with Crippen LogP contribution in [-0.4, -0.2) is 47.8 Å². The van der Waals surface area contributed by atoms with Crippen LogP contribution in [0.25, 0.3) is 11.0 Å². The minimum atomic E-state index is -3.53. The van der Waals surface area contributed by atoms with Gasteiger partial charge < -0.3 is 20.7 Å². The Labute approximate surface area is 242 Å². The van der Waals surface area contributed by atoms with Crippen molar-refractivity contribution in [2.24, 2.45) is 0 Å². The average molecular weight is 575 g/mol. The van der Waals surface area contributed by atoms with Crippen LogP contribution in [0.3, 0.4) is 0 Å². The molecule has 0 atom stereocenters. The molecule has 0 spiro atoms. The first-order chi connectivity index (χ1) is 19.6. The van der Waals surface area contributed by atoms with E-state index in [1.807, 2.05) is 19.9 Å². The maximum atomic E-state index is 13.1. The van der Waals surface area contributed by atoms with Gasteiger partial charge in [0.2, 0.25) is 5.95 Å². The maximum Gasteiger partial charge on any atom is 0.231 e. The molecule has 5 rings (SSSR count). The molecule has 1 aliphatic heterocycles. The Balaban J connectivity index is 1.56. The SMILES string of the molecule is Cc1cc(Nc2nc(Nc3ccccc3S(=O)(=O)C(C)C)c3cccnc3n2)c(OC(C)C)cc1C1CCNCC1. The van der Waals surface area contributed by atoms with Crippen LogP contribution >= 0.6 is 0 Å². The molecule has 1 saturated heterocycles. The lowest BCUT2D eigenvalue weighted by Crippen LogP contribution is -2.27. The Hall–Kier alpha value is -3.76. The Morgan fingerprint density at radius 2 is 1.71 bits per heavy atom. The van der Waals surface area contributed by atoms with Gasteiger partial charge in [0.15, 0.2) is 15.5 Å². The molecule has 4 aromatic rings. The van der Waals surface area contributed by atoms with E-state index in [0.29, 0.717) is 34.4 Å². The third kappa shape index (κ3) is 6.28. The first-order valence-electron chi connectivity index (χ1n) is 14.1. The van der Waals surface area contributed by atoms with Gasteiger partial charge in [-0.3, -0.25) is 0 Å². The molecular weight excluding hydrogens is 536 g/mol. The summed E-state index contributed by atoms with van der Waals surface area (Å²) < 4.78 is 32.5. The number of piperidine rings is 1. The quantitative estimate of drug-likeness (QED) is 0.213. The molecule has 0 bridgehead atoms. The molecule has 0 unspecified atom stereocenters. The van der Waals surface area contributed by atoms with Gasteiger partial charge in [-0.25, -0.2) is 13.4 Å². The molecular formula is C31H38N6O3S. The number of rotatable bonds is 9. The Bertz CT molecular complexity index is 1650. The number of pyridine rings is 1. The zero-order valence-electron chi connectivity index (χ0n) is 24.2. The van der Waals surface area contributed by atoms with Crippen LogP contribution in [0.2, 0.25) is 0 Å². The second-order valence-corrected chi connectivity index (χ2v) is 13.5. The standard InChI is InChI=1S/C31H38N6O3S/c1-19(2)40-27-18-24(22-12-15-32-16-13-22)21(5)17-26(27)35-31-36-29-23(9-8-14-33-29)30(37-31)34-25-10-6-7-11-28(25)41(38,39)20(3)4/h6-11,14,17-20,22,32H,12-13,15-16H2,1-5H3,(H2,33,34,35,36,37). The predicted molar refractivity (Wildman–Crippen MR) is 164 cm³/mol. The maximum absolute atomic E-state index is 13.1. The Morgan fingerprint density at radius 3 is 2.44 bits per heavy atom. The highest BCUT2D eigenvalue weighted by molar-refractivity contribution is 7.92. The Morgan fingerprint density at radius 1 is 0.951 bits per heavy atom. The van der Waals surface area contributed by atoms with E-state index in [1.54, 1.807) is 50.4 Å². The van der Waals surface area contributed by atoms with Crippen molar-refractivity contribution in [2.75, 3.05) is 23.7 Å². The summed E-state index contributed by atoms with van der Waals surface area (Å²) in [4.78, 5) is 14.2. The number of anilines is 4. The van der Waals surface area contributed by atoms with Gasteiger partial charge in [-0.15, -0.1) is 0 Å². The summed E-state index contributed by atoms with van der Waals surface area (Å²) in [5.41, 5.74) is 4.17. The molecule has 3 N–H and O–H groups in total. The summed E-state index contributed by atoms with van der Waals surface area (Å²) in [6.07, 6.45) is 3.84. The van der Waals surface area contributed by atoms with Crippen molar-refractivity contribution in [1.29, 1.82) is 0 Å². The number of benzene rings is 2. The van der Waals surface area contributed by atoms with E-state index < -0.39 is 15.1 Å². The molecule has 0 amide bonds. The van der Waals surface area contributed by atoms with Gasteiger partial charge in [0.25, 0.3) is 0 Å². The lowest BCUT2D eigenvalue weighted by molar-refractivity contribution is 0.243. The highest BCUT2D eigenvalue weighted by Gasteiger charge is 2.24. The minimum absolute atomic E-state index is 0.0186. The van der Waals surface area contributed by atoms with Crippen molar-refractivity contribution in [1.82, 2.24) is 20.3 Å². The van der Waals surface area contributed by atoms with E-state index in [1.165, 1.54) is 11.1 Å². The van der Waals surface area contributed by atoms with Crippen LogP contribution in [0.5, 0.6) is 5.75 Å². The van der Waals surface area contributed by atoms with Crippen molar-refractivity contribution in [3.05, 3.63) is 65.9 Å². The topological polar surface area (TPSA) is 118 Å². The lowest BCUT2D eigenvalue weighted by atomic mass is 9.87. The van der Waals surface area contributed by atoms with Gasteiger partial charge in [-0.1, -0.05) is 12.1 Å². The number of hydrogen-bond acceptors (Lipinski definition) is 9. The van der Waals surface area contributed by atoms with Crippen molar-refractivity contribution >= 4 is 44.0 Å². The summed E-state index contributed by atoms with van der Waals surface area (Å²) in [6, 6.07) is 14.8. The third-order valence-electron chi connectivity index (χ3n) is 7.29. The van der Waals surface area contributed by atoms with E-state index in [9.17, 15) is 8.42 Å². The van der Waals surface area contributed by atoms with Gasteiger partial charge >= 0.3 is 0 Å². The second kappa shape index (κ2) is 12.0. The van der Waals surface area contributed by atoms with Gasteiger partial charge in [-0.05, 0) is 114 Å². The number of aromatic nitrogens is 3. The molecule has 216 valence electrons. The normalized spacial score (nSPS) is 14.5. The molecule has 9 nitrogen and oxygen atoms in total. The second-order valence-electron chi connectivity index (χ2n) is 11.0.